The number of aliphatic carboxylic acids is 1. The predicted octanol–water partition coefficient (Wildman–Crippen LogP) is 1.70. The van der Waals surface area contributed by atoms with Crippen molar-refractivity contribution in [3.63, 3.8) is 0 Å². The number of carboxylic acid groups (broad SMARTS) is 1. The van der Waals surface area contributed by atoms with Crippen LogP contribution in [0.3, 0.4) is 0 Å². The van der Waals surface area contributed by atoms with E-state index >= 15 is 0 Å². The molecule has 1 heterocycles. The molecule has 1 saturated carbocycles. The molecule has 0 amide bonds. The van der Waals surface area contributed by atoms with Crippen LogP contribution in [0.5, 0.6) is 0 Å². The van der Waals surface area contributed by atoms with E-state index in [2.05, 4.69) is 0 Å². The van der Waals surface area contributed by atoms with Crippen LogP contribution in [-0.2, 0) is 20.3 Å². The molecular formula is C12H20O4S. The standard InChI is InChI=1S/C12H20O4S/c1-11(2,10(13)14)17(15)9-4-7-16-12(8-9)5-3-6-12/h9H,3-8H2,1-2H3,(H,13,14). The topological polar surface area (TPSA) is 63.6 Å². The number of ether oxygens (including phenoxy) is 1. The minimum atomic E-state index is -1.34. The summed E-state index contributed by atoms with van der Waals surface area (Å²) in [6.45, 7) is 3.72. The van der Waals surface area contributed by atoms with Crippen LogP contribution < -0.4 is 0 Å². The lowest BCUT2D eigenvalue weighted by Gasteiger charge is -2.47. The van der Waals surface area contributed by atoms with E-state index in [1.807, 2.05) is 0 Å². The highest BCUT2D eigenvalue weighted by Gasteiger charge is 2.47. The molecular weight excluding hydrogens is 240 g/mol. The van der Waals surface area contributed by atoms with Gasteiger partial charge in [-0.15, -0.1) is 0 Å². The van der Waals surface area contributed by atoms with Gasteiger partial charge < -0.3 is 9.84 Å². The van der Waals surface area contributed by atoms with Crippen LogP contribution in [0.1, 0.15) is 46.0 Å². The van der Waals surface area contributed by atoms with Crippen molar-refractivity contribution in [3.8, 4) is 0 Å². The molecule has 5 heteroatoms. The number of carbonyl (C=O) groups is 1. The zero-order chi connectivity index (χ0) is 12.7. The molecule has 2 rings (SSSR count). The van der Waals surface area contributed by atoms with Gasteiger partial charge in [0.15, 0.2) is 0 Å². The molecule has 4 nitrogen and oxygen atoms in total. The van der Waals surface area contributed by atoms with Crippen molar-refractivity contribution >= 4 is 16.8 Å². The number of hydrogen-bond donors (Lipinski definition) is 1. The maximum atomic E-state index is 12.4. The predicted molar refractivity (Wildman–Crippen MR) is 65.4 cm³/mol. The van der Waals surface area contributed by atoms with E-state index in [0.717, 1.165) is 19.3 Å². The molecule has 0 aromatic carbocycles. The molecule has 1 aliphatic carbocycles. The van der Waals surface area contributed by atoms with Crippen molar-refractivity contribution in [2.45, 2.75) is 61.5 Å². The normalized spacial score (nSPS) is 29.6. The largest absolute Gasteiger partial charge is 0.480 e. The highest BCUT2D eigenvalue weighted by atomic mass is 32.2. The Morgan fingerprint density at radius 2 is 2.12 bits per heavy atom. The van der Waals surface area contributed by atoms with Crippen molar-refractivity contribution in [1.29, 1.82) is 0 Å². The van der Waals surface area contributed by atoms with Crippen molar-refractivity contribution in [1.82, 2.24) is 0 Å². The second-order valence-electron chi connectivity index (χ2n) is 5.61. The average molecular weight is 260 g/mol. The third-order valence-corrected chi connectivity index (χ3v) is 6.22. The van der Waals surface area contributed by atoms with Gasteiger partial charge in [-0.05, 0) is 46.0 Å². The van der Waals surface area contributed by atoms with E-state index in [4.69, 9.17) is 9.84 Å². The number of rotatable bonds is 3. The maximum Gasteiger partial charge on any atom is 0.321 e. The Labute approximate surface area is 104 Å². The molecule has 2 atom stereocenters. The fourth-order valence-corrected chi connectivity index (χ4v) is 4.36. The van der Waals surface area contributed by atoms with E-state index in [9.17, 15) is 9.00 Å². The second-order valence-corrected chi connectivity index (χ2v) is 7.89. The van der Waals surface area contributed by atoms with Gasteiger partial charge in [0.1, 0.15) is 4.75 Å². The molecule has 98 valence electrons. The molecule has 2 aliphatic rings. The lowest BCUT2D eigenvalue weighted by atomic mass is 9.75. The van der Waals surface area contributed by atoms with Crippen LogP contribution in [0.4, 0.5) is 0 Å². The first-order valence-electron chi connectivity index (χ1n) is 6.15. The summed E-state index contributed by atoms with van der Waals surface area (Å²) in [5.74, 6) is -0.981. The van der Waals surface area contributed by atoms with Crippen molar-refractivity contribution < 1.29 is 18.8 Å². The zero-order valence-corrected chi connectivity index (χ0v) is 11.2. The van der Waals surface area contributed by atoms with E-state index < -0.39 is 21.5 Å². The monoisotopic (exact) mass is 260 g/mol. The van der Waals surface area contributed by atoms with Gasteiger partial charge in [0.05, 0.1) is 5.60 Å². The lowest BCUT2D eigenvalue weighted by molar-refractivity contribution is -0.139. The van der Waals surface area contributed by atoms with Gasteiger partial charge in [-0.1, -0.05) is 0 Å². The molecule has 1 aliphatic heterocycles. The second kappa shape index (κ2) is 4.35. The zero-order valence-electron chi connectivity index (χ0n) is 10.4. The van der Waals surface area contributed by atoms with E-state index in [1.165, 1.54) is 6.42 Å². The molecule has 1 spiro atoms. The number of carboxylic acids is 1. The third kappa shape index (κ3) is 2.27. The van der Waals surface area contributed by atoms with Crippen molar-refractivity contribution in [2.24, 2.45) is 0 Å². The summed E-state index contributed by atoms with van der Waals surface area (Å²) in [5.41, 5.74) is -0.0762. The van der Waals surface area contributed by atoms with Gasteiger partial charge in [0.2, 0.25) is 0 Å². The minimum Gasteiger partial charge on any atom is -0.480 e. The molecule has 1 saturated heterocycles. The van der Waals surface area contributed by atoms with Gasteiger partial charge in [0.25, 0.3) is 0 Å². The van der Waals surface area contributed by atoms with Crippen LogP contribution in [0, 0.1) is 0 Å². The molecule has 0 radical (unpaired) electrons. The van der Waals surface area contributed by atoms with Crippen LogP contribution in [0.2, 0.25) is 0 Å². The Morgan fingerprint density at radius 3 is 2.59 bits per heavy atom. The summed E-state index contributed by atoms with van der Waals surface area (Å²) in [4.78, 5) is 11.1. The van der Waals surface area contributed by atoms with E-state index in [-0.39, 0.29) is 10.9 Å². The van der Waals surface area contributed by atoms with Crippen LogP contribution >= 0.6 is 0 Å². The SMILES string of the molecule is CC(C)(C(=O)O)S(=O)C1CCOC2(CCC2)C1. The maximum absolute atomic E-state index is 12.4. The Kier molecular flexibility index (Phi) is 3.34. The van der Waals surface area contributed by atoms with Crippen LogP contribution in [0.15, 0.2) is 0 Å². The molecule has 2 unspecified atom stereocenters. The van der Waals surface area contributed by atoms with E-state index in [0.29, 0.717) is 13.0 Å². The lowest BCUT2D eigenvalue weighted by Crippen LogP contribution is -2.51. The fraction of sp³-hybridized carbons (Fsp3) is 0.917. The third-order valence-electron chi connectivity index (χ3n) is 4.03. The smallest absolute Gasteiger partial charge is 0.321 e. The first-order chi connectivity index (χ1) is 7.87. The van der Waals surface area contributed by atoms with Gasteiger partial charge >= 0.3 is 5.97 Å². The van der Waals surface area contributed by atoms with Gasteiger partial charge in [0, 0.05) is 22.7 Å². The Morgan fingerprint density at radius 1 is 1.47 bits per heavy atom. The first-order valence-corrected chi connectivity index (χ1v) is 7.37. The molecule has 0 bridgehead atoms. The van der Waals surface area contributed by atoms with Gasteiger partial charge in [-0.25, -0.2) is 0 Å². The van der Waals surface area contributed by atoms with Gasteiger partial charge in [-0.2, -0.15) is 0 Å². The number of hydrogen-bond acceptors (Lipinski definition) is 3. The fourth-order valence-electron chi connectivity index (χ4n) is 2.59. The quantitative estimate of drug-likeness (QED) is 0.839. The minimum absolute atomic E-state index is 0.0323. The van der Waals surface area contributed by atoms with Crippen LogP contribution in [-0.4, -0.2) is 37.5 Å². The average Bonchev–Trinajstić information content (AvgIpc) is 2.26. The Bertz CT molecular complexity index is 346. The van der Waals surface area contributed by atoms with Crippen molar-refractivity contribution in [3.05, 3.63) is 0 Å². The molecule has 0 aromatic rings. The summed E-state index contributed by atoms with van der Waals surface area (Å²) in [7, 11) is -1.34. The highest BCUT2D eigenvalue weighted by Crippen LogP contribution is 2.44. The summed E-state index contributed by atoms with van der Waals surface area (Å²) in [6, 6.07) is 0. The highest BCUT2D eigenvalue weighted by molar-refractivity contribution is 7.87. The van der Waals surface area contributed by atoms with Gasteiger partial charge in [-0.3, -0.25) is 9.00 Å². The molecule has 0 aromatic heterocycles. The van der Waals surface area contributed by atoms with E-state index in [1.54, 1.807) is 13.8 Å². The van der Waals surface area contributed by atoms with Crippen molar-refractivity contribution in [2.75, 3.05) is 6.61 Å². The Balaban J connectivity index is 2.07. The summed E-state index contributed by atoms with van der Waals surface area (Å²) < 4.78 is 17.0. The van der Waals surface area contributed by atoms with Crippen LogP contribution in [0.25, 0.3) is 0 Å². The molecule has 1 N–H and O–H groups in total. The molecule has 2 fully saturated rings. The Hall–Kier alpha value is -0.420. The summed E-state index contributed by atoms with van der Waals surface area (Å²) >= 11 is 0. The summed E-state index contributed by atoms with van der Waals surface area (Å²) in [5, 5.41) is 9.09. The summed E-state index contributed by atoms with van der Waals surface area (Å²) in [6.07, 6.45) is 4.71. The molecule has 17 heavy (non-hydrogen) atoms. The first kappa shape index (κ1) is 13.0.